The topological polar surface area (TPSA) is 42.4 Å². The minimum Gasteiger partial charge on any atom is -0.276 e. The van der Waals surface area contributed by atoms with E-state index in [1.165, 1.54) is 10.6 Å². The predicted molar refractivity (Wildman–Crippen MR) is 110 cm³/mol. The molecule has 0 aliphatic rings. The number of thioether (sulfide) groups is 1. The van der Waals surface area contributed by atoms with Crippen LogP contribution in [-0.2, 0) is 15.4 Å². The molecule has 5 heteroatoms. The van der Waals surface area contributed by atoms with Crippen LogP contribution in [0.5, 0.6) is 0 Å². The van der Waals surface area contributed by atoms with E-state index in [1.807, 2.05) is 56.9 Å². The highest BCUT2D eigenvalue weighted by Crippen LogP contribution is 2.23. The second-order valence-electron chi connectivity index (χ2n) is 8.00. The van der Waals surface area contributed by atoms with Gasteiger partial charge < -0.3 is 0 Å². The second kappa shape index (κ2) is 9.38. The number of carbonyl (C=O) groups excluding carboxylic acids is 1. The Morgan fingerprint density at radius 2 is 2.00 bits per heavy atom. The Labute approximate surface area is 161 Å². The third kappa shape index (κ3) is 6.61. The van der Waals surface area contributed by atoms with Crippen molar-refractivity contribution < 1.29 is 9.63 Å². The first kappa shape index (κ1) is 20.7. The van der Waals surface area contributed by atoms with Crippen LogP contribution in [0.3, 0.4) is 0 Å². The molecule has 1 amide bonds. The van der Waals surface area contributed by atoms with Crippen LogP contribution in [-0.4, -0.2) is 33.9 Å². The van der Waals surface area contributed by atoms with Crippen molar-refractivity contribution in [3.63, 3.8) is 0 Å². The van der Waals surface area contributed by atoms with E-state index in [0.717, 1.165) is 35.2 Å². The maximum absolute atomic E-state index is 11.6. The summed E-state index contributed by atoms with van der Waals surface area (Å²) in [4.78, 5) is 21.9. The lowest BCUT2D eigenvalue weighted by Gasteiger charge is -2.33. The number of benzene rings is 1. The first-order chi connectivity index (χ1) is 12.3. The molecule has 0 aliphatic heterocycles. The van der Waals surface area contributed by atoms with Gasteiger partial charge in [-0.2, -0.15) is 11.8 Å². The lowest BCUT2D eigenvalue weighted by atomic mass is 10.1. The van der Waals surface area contributed by atoms with Crippen LogP contribution >= 0.6 is 11.8 Å². The Morgan fingerprint density at radius 1 is 1.27 bits per heavy atom. The van der Waals surface area contributed by atoms with Crippen LogP contribution in [0.15, 0.2) is 36.5 Å². The summed E-state index contributed by atoms with van der Waals surface area (Å²) in [6, 6.07) is 10.4. The third-order valence-corrected chi connectivity index (χ3v) is 4.97. The normalized spacial score (nSPS) is 13.2. The maximum Gasteiger partial charge on any atom is 0.233 e. The number of carbonyl (C=O) groups is 1. The molecule has 0 N–H and O–H groups in total. The number of para-hydroxylation sites is 1. The van der Waals surface area contributed by atoms with Gasteiger partial charge in [-0.05, 0) is 50.8 Å². The van der Waals surface area contributed by atoms with E-state index in [1.54, 1.807) is 0 Å². The van der Waals surface area contributed by atoms with Crippen LogP contribution in [0.25, 0.3) is 10.9 Å². The number of hydroxylamine groups is 2. The van der Waals surface area contributed by atoms with Crippen molar-refractivity contribution in [1.29, 1.82) is 0 Å². The Hall–Kier alpha value is -1.59. The number of pyridine rings is 1. The molecule has 2 rings (SSSR count). The van der Waals surface area contributed by atoms with Crippen LogP contribution in [0.4, 0.5) is 0 Å². The first-order valence-electron chi connectivity index (χ1n) is 9.12. The van der Waals surface area contributed by atoms with Gasteiger partial charge in [0.15, 0.2) is 0 Å². The molecular formula is C21H30N2O2S. The Balaban J connectivity index is 1.99. The fourth-order valence-electron chi connectivity index (χ4n) is 2.80. The van der Waals surface area contributed by atoms with Crippen LogP contribution < -0.4 is 0 Å². The molecule has 1 aromatic heterocycles. The van der Waals surface area contributed by atoms with Crippen molar-refractivity contribution in [3.05, 3.63) is 42.1 Å². The van der Waals surface area contributed by atoms with Gasteiger partial charge in [-0.25, -0.2) is 5.06 Å². The summed E-state index contributed by atoms with van der Waals surface area (Å²) >= 11 is 1.81. The molecule has 0 unspecified atom stereocenters. The van der Waals surface area contributed by atoms with E-state index in [2.05, 4.69) is 31.0 Å². The molecule has 26 heavy (non-hydrogen) atoms. The molecule has 0 bridgehead atoms. The summed E-state index contributed by atoms with van der Waals surface area (Å²) in [5.41, 5.74) is 1.83. The fraction of sp³-hybridized carbons (Fsp3) is 0.524. The molecule has 0 saturated carbocycles. The average Bonchev–Trinajstić information content (AvgIpc) is 2.57. The van der Waals surface area contributed by atoms with Crippen molar-refractivity contribution in [2.45, 2.75) is 58.4 Å². The average molecular weight is 375 g/mol. The zero-order valence-corrected chi connectivity index (χ0v) is 17.3. The van der Waals surface area contributed by atoms with Gasteiger partial charge in [-0.3, -0.25) is 14.6 Å². The van der Waals surface area contributed by atoms with E-state index >= 15 is 0 Å². The zero-order chi connectivity index (χ0) is 19.2. The minimum atomic E-state index is -0.386. The molecule has 0 aliphatic carbocycles. The molecule has 0 spiro atoms. The second-order valence-corrected chi connectivity index (χ2v) is 9.03. The van der Waals surface area contributed by atoms with E-state index < -0.39 is 0 Å². The number of hydrogen-bond donors (Lipinski definition) is 0. The molecule has 4 nitrogen and oxygen atoms in total. The highest BCUT2D eigenvalue weighted by atomic mass is 32.2. The molecule has 0 radical (unpaired) electrons. The van der Waals surface area contributed by atoms with E-state index in [4.69, 9.17) is 4.84 Å². The summed E-state index contributed by atoms with van der Waals surface area (Å²) in [7, 11) is 0. The molecule has 0 saturated heterocycles. The van der Waals surface area contributed by atoms with Crippen LogP contribution in [0, 0.1) is 5.92 Å². The molecule has 1 atom stereocenters. The van der Waals surface area contributed by atoms with Gasteiger partial charge in [0.2, 0.25) is 6.41 Å². The van der Waals surface area contributed by atoms with Gasteiger partial charge in [0.05, 0.1) is 17.2 Å². The maximum atomic E-state index is 11.6. The van der Waals surface area contributed by atoms with E-state index in [0.29, 0.717) is 5.92 Å². The van der Waals surface area contributed by atoms with Crippen molar-refractivity contribution >= 4 is 29.1 Å². The summed E-state index contributed by atoms with van der Waals surface area (Å²) in [5, 5.41) is 2.67. The molecule has 1 aromatic carbocycles. The predicted octanol–water partition coefficient (Wildman–Crippen LogP) is 5.07. The standard InChI is InChI=1S/C21H30N2O2S/c1-16(2)10-19(23(15-24)25-21(3,4)5)14-26-13-17-11-18-8-6-7-9-20(18)22-12-17/h6-9,11-12,15-16,19H,10,13-14H2,1-5H3/t19-/m0/s1. The van der Waals surface area contributed by atoms with Crippen molar-refractivity contribution in [2.24, 2.45) is 5.92 Å². The van der Waals surface area contributed by atoms with Gasteiger partial charge in [0.1, 0.15) is 0 Å². The van der Waals surface area contributed by atoms with E-state index in [-0.39, 0.29) is 11.6 Å². The number of hydrogen-bond acceptors (Lipinski definition) is 4. The van der Waals surface area contributed by atoms with Gasteiger partial charge in [-0.15, -0.1) is 0 Å². The highest BCUT2D eigenvalue weighted by molar-refractivity contribution is 7.98. The van der Waals surface area contributed by atoms with Gasteiger partial charge >= 0.3 is 0 Å². The lowest BCUT2D eigenvalue weighted by Crippen LogP contribution is -2.42. The molecule has 142 valence electrons. The van der Waals surface area contributed by atoms with Crippen molar-refractivity contribution in [1.82, 2.24) is 10.0 Å². The largest absolute Gasteiger partial charge is 0.276 e. The molecular weight excluding hydrogens is 344 g/mol. The van der Waals surface area contributed by atoms with Crippen molar-refractivity contribution in [3.8, 4) is 0 Å². The lowest BCUT2D eigenvalue weighted by molar-refractivity contribution is -0.230. The third-order valence-electron chi connectivity index (χ3n) is 3.81. The Kier molecular flexibility index (Phi) is 7.47. The number of amides is 1. The summed E-state index contributed by atoms with van der Waals surface area (Å²) in [5.74, 6) is 2.20. The Bertz CT molecular complexity index is 712. The van der Waals surface area contributed by atoms with Crippen molar-refractivity contribution in [2.75, 3.05) is 5.75 Å². The number of rotatable bonds is 9. The van der Waals surface area contributed by atoms with Gasteiger partial charge in [0.25, 0.3) is 0 Å². The monoisotopic (exact) mass is 374 g/mol. The fourth-order valence-corrected chi connectivity index (χ4v) is 3.86. The van der Waals surface area contributed by atoms with Crippen LogP contribution in [0.2, 0.25) is 0 Å². The summed E-state index contributed by atoms with van der Waals surface area (Å²) in [6.07, 6.45) is 3.67. The SMILES string of the molecule is CC(C)C[C@@H](CSCc1cnc2ccccc2c1)N(C=O)OC(C)(C)C. The number of fused-ring (bicyclic) bond motifs is 1. The molecule has 1 heterocycles. The van der Waals surface area contributed by atoms with E-state index in [9.17, 15) is 4.79 Å². The van der Waals surface area contributed by atoms with Gasteiger partial charge in [-0.1, -0.05) is 32.0 Å². The molecule has 0 fully saturated rings. The van der Waals surface area contributed by atoms with Crippen LogP contribution in [0.1, 0.15) is 46.6 Å². The number of aromatic nitrogens is 1. The molecule has 2 aromatic rings. The number of nitrogens with zero attached hydrogens (tertiary/aromatic N) is 2. The summed E-state index contributed by atoms with van der Waals surface area (Å²) < 4.78 is 0. The smallest absolute Gasteiger partial charge is 0.233 e. The first-order valence-corrected chi connectivity index (χ1v) is 10.3. The Morgan fingerprint density at radius 3 is 2.65 bits per heavy atom. The highest BCUT2D eigenvalue weighted by Gasteiger charge is 2.24. The minimum absolute atomic E-state index is 0.0603. The quantitative estimate of drug-likeness (QED) is 0.454. The summed E-state index contributed by atoms with van der Waals surface area (Å²) in [6.45, 7) is 10.2. The van der Waals surface area contributed by atoms with Gasteiger partial charge in [0, 0.05) is 23.1 Å². The zero-order valence-electron chi connectivity index (χ0n) is 16.4.